The van der Waals surface area contributed by atoms with Crippen LogP contribution >= 0.6 is 0 Å². The molecule has 158 valence electrons. The largest absolute Gasteiger partial charge is 0.354 e. The van der Waals surface area contributed by atoms with Gasteiger partial charge in [0.1, 0.15) is 0 Å². The molecule has 0 bridgehead atoms. The van der Waals surface area contributed by atoms with Crippen molar-refractivity contribution in [3.8, 4) is 22.5 Å². The van der Waals surface area contributed by atoms with Crippen molar-refractivity contribution in [2.75, 3.05) is 7.05 Å². The van der Waals surface area contributed by atoms with Gasteiger partial charge in [0.25, 0.3) is 5.56 Å². The van der Waals surface area contributed by atoms with Crippen molar-refractivity contribution in [1.82, 2.24) is 25.1 Å². The molecule has 5 aromatic rings. The number of benzene rings is 2. The van der Waals surface area contributed by atoms with Gasteiger partial charge in [-0.15, -0.1) is 0 Å². The Morgan fingerprint density at radius 1 is 0.875 bits per heavy atom. The molecule has 0 radical (unpaired) electrons. The molecule has 6 nitrogen and oxygen atoms in total. The van der Waals surface area contributed by atoms with Gasteiger partial charge >= 0.3 is 0 Å². The van der Waals surface area contributed by atoms with Gasteiger partial charge < -0.3 is 4.98 Å². The van der Waals surface area contributed by atoms with E-state index in [2.05, 4.69) is 74.6 Å². The number of H-pyrrole nitrogens is 2. The third kappa shape index (κ3) is 4.22. The molecule has 3 aromatic heterocycles. The topological polar surface area (TPSA) is 77.7 Å². The molecule has 6 heteroatoms. The van der Waals surface area contributed by atoms with Crippen LogP contribution < -0.4 is 5.56 Å². The van der Waals surface area contributed by atoms with E-state index < -0.39 is 0 Å². The van der Waals surface area contributed by atoms with Crippen LogP contribution in [0.3, 0.4) is 0 Å². The van der Waals surface area contributed by atoms with Crippen LogP contribution in [0.1, 0.15) is 11.1 Å². The van der Waals surface area contributed by atoms with Crippen LogP contribution in [-0.4, -0.2) is 32.1 Å². The van der Waals surface area contributed by atoms with E-state index in [1.807, 2.05) is 30.3 Å². The summed E-state index contributed by atoms with van der Waals surface area (Å²) in [5.41, 5.74) is 6.22. The lowest BCUT2D eigenvalue weighted by Crippen LogP contribution is -2.17. The van der Waals surface area contributed by atoms with E-state index in [9.17, 15) is 4.79 Å². The second kappa shape index (κ2) is 8.61. The lowest BCUT2D eigenvalue weighted by atomic mass is 10.1. The zero-order valence-electron chi connectivity index (χ0n) is 17.7. The van der Waals surface area contributed by atoms with Crippen molar-refractivity contribution in [2.45, 2.75) is 13.1 Å². The summed E-state index contributed by atoms with van der Waals surface area (Å²) in [6, 6.07) is 24.4. The first kappa shape index (κ1) is 19.9. The summed E-state index contributed by atoms with van der Waals surface area (Å²) >= 11 is 0. The second-order valence-electron chi connectivity index (χ2n) is 7.99. The van der Waals surface area contributed by atoms with Crippen LogP contribution in [0.25, 0.3) is 33.4 Å². The summed E-state index contributed by atoms with van der Waals surface area (Å²) in [6.45, 7) is 1.73. The summed E-state index contributed by atoms with van der Waals surface area (Å²) in [4.78, 5) is 22.2. The minimum atomic E-state index is -0.225. The Hall–Kier alpha value is -4.03. The Morgan fingerprint density at radius 3 is 2.47 bits per heavy atom. The highest BCUT2D eigenvalue weighted by molar-refractivity contribution is 5.86. The van der Waals surface area contributed by atoms with Crippen molar-refractivity contribution in [3.63, 3.8) is 0 Å². The molecule has 3 heterocycles. The first-order chi connectivity index (χ1) is 15.7. The van der Waals surface area contributed by atoms with Gasteiger partial charge in [-0.3, -0.25) is 14.7 Å². The monoisotopic (exact) mass is 421 g/mol. The number of pyridine rings is 1. The first-order valence-corrected chi connectivity index (χ1v) is 10.5. The van der Waals surface area contributed by atoms with E-state index in [4.69, 9.17) is 0 Å². The number of fused-ring (bicyclic) bond motifs is 1. The van der Waals surface area contributed by atoms with E-state index in [0.717, 1.165) is 35.2 Å². The summed E-state index contributed by atoms with van der Waals surface area (Å²) in [7, 11) is 2.12. The Morgan fingerprint density at radius 2 is 1.66 bits per heavy atom. The molecule has 5 rings (SSSR count). The number of rotatable bonds is 6. The smallest absolute Gasteiger partial charge is 0.273 e. The molecule has 0 atom stereocenters. The van der Waals surface area contributed by atoms with Crippen molar-refractivity contribution in [2.24, 2.45) is 0 Å². The number of nitrogens with one attached hydrogen (secondary N) is 2. The van der Waals surface area contributed by atoms with E-state index in [1.54, 1.807) is 12.4 Å². The molecule has 32 heavy (non-hydrogen) atoms. The quantitative estimate of drug-likeness (QED) is 0.420. The predicted molar refractivity (Wildman–Crippen MR) is 127 cm³/mol. The van der Waals surface area contributed by atoms with Gasteiger partial charge in [-0.2, -0.15) is 5.10 Å². The van der Waals surface area contributed by atoms with Crippen LogP contribution in [-0.2, 0) is 13.1 Å². The number of nitrogens with zero attached hydrogens (tertiary/aromatic N) is 3. The maximum atomic E-state index is 12.5. The maximum Gasteiger partial charge on any atom is 0.273 e. The van der Waals surface area contributed by atoms with Crippen molar-refractivity contribution < 1.29 is 0 Å². The Bertz CT molecular complexity index is 1410. The summed E-state index contributed by atoms with van der Waals surface area (Å²) in [5, 5.41) is 7.88. The Kier molecular flexibility index (Phi) is 5.35. The molecule has 0 aliphatic heterocycles. The third-order valence-electron chi connectivity index (χ3n) is 5.50. The molecule has 0 saturated heterocycles. The lowest BCUT2D eigenvalue weighted by Gasteiger charge is -2.16. The number of aromatic nitrogens is 4. The highest BCUT2D eigenvalue weighted by atomic mass is 16.1. The third-order valence-corrected chi connectivity index (χ3v) is 5.50. The SMILES string of the molecule is CN(Cc1ccccc1)Cc1ccc2[nH]c(-c3cc(-c4ccncc4)n[nH]c3=O)cc2c1. The van der Waals surface area contributed by atoms with Crippen molar-refractivity contribution in [3.05, 3.63) is 107 Å². The van der Waals surface area contributed by atoms with Gasteiger partial charge in [0, 0.05) is 41.9 Å². The first-order valence-electron chi connectivity index (χ1n) is 10.5. The summed E-state index contributed by atoms with van der Waals surface area (Å²) < 4.78 is 0. The average Bonchev–Trinajstić information content (AvgIpc) is 3.24. The zero-order valence-corrected chi connectivity index (χ0v) is 17.7. The second-order valence-corrected chi connectivity index (χ2v) is 7.99. The highest BCUT2D eigenvalue weighted by Crippen LogP contribution is 2.25. The minimum Gasteiger partial charge on any atom is -0.354 e. The molecule has 2 N–H and O–H groups in total. The fourth-order valence-electron chi connectivity index (χ4n) is 3.96. The van der Waals surface area contributed by atoms with E-state index in [-0.39, 0.29) is 5.56 Å². The number of aromatic amines is 2. The molecule has 0 fully saturated rings. The molecule has 0 amide bonds. The van der Waals surface area contributed by atoms with E-state index in [0.29, 0.717) is 11.3 Å². The van der Waals surface area contributed by atoms with E-state index >= 15 is 0 Å². The average molecular weight is 422 g/mol. The Labute approximate surface area is 185 Å². The van der Waals surface area contributed by atoms with Gasteiger partial charge in [0.15, 0.2) is 0 Å². The highest BCUT2D eigenvalue weighted by Gasteiger charge is 2.11. The van der Waals surface area contributed by atoms with Gasteiger partial charge in [0.05, 0.1) is 17.0 Å². The molecule has 2 aromatic carbocycles. The maximum absolute atomic E-state index is 12.5. The van der Waals surface area contributed by atoms with Gasteiger partial charge in [-0.05, 0) is 54.6 Å². The van der Waals surface area contributed by atoms with Crippen LogP contribution in [0.15, 0.2) is 90.0 Å². The molecule has 0 spiro atoms. The van der Waals surface area contributed by atoms with Crippen molar-refractivity contribution >= 4 is 10.9 Å². The molecule has 0 aliphatic carbocycles. The predicted octanol–water partition coefficient (Wildman–Crippen LogP) is 4.61. The fourth-order valence-corrected chi connectivity index (χ4v) is 3.96. The molecular formula is C26H23N5O. The van der Waals surface area contributed by atoms with Crippen LogP contribution in [0, 0.1) is 0 Å². The Balaban J connectivity index is 1.41. The van der Waals surface area contributed by atoms with Crippen LogP contribution in [0.2, 0.25) is 0 Å². The van der Waals surface area contributed by atoms with Crippen molar-refractivity contribution in [1.29, 1.82) is 0 Å². The normalized spacial score (nSPS) is 11.3. The zero-order chi connectivity index (χ0) is 21.9. The molecule has 0 unspecified atom stereocenters. The fraction of sp³-hybridized carbons (Fsp3) is 0.115. The van der Waals surface area contributed by atoms with Gasteiger partial charge in [0.2, 0.25) is 0 Å². The number of hydrogen-bond acceptors (Lipinski definition) is 4. The molecule has 0 saturated carbocycles. The van der Waals surface area contributed by atoms with Gasteiger partial charge in [-0.1, -0.05) is 36.4 Å². The lowest BCUT2D eigenvalue weighted by molar-refractivity contribution is 0.319. The summed E-state index contributed by atoms with van der Waals surface area (Å²) in [5.74, 6) is 0. The molecule has 0 aliphatic rings. The minimum absolute atomic E-state index is 0.225. The van der Waals surface area contributed by atoms with E-state index in [1.165, 1.54) is 11.1 Å². The van der Waals surface area contributed by atoms with Gasteiger partial charge in [-0.25, -0.2) is 5.10 Å². The van der Waals surface area contributed by atoms with Crippen LogP contribution in [0.4, 0.5) is 0 Å². The summed E-state index contributed by atoms with van der Waals surface area (Å²) in [6.07, 6.45) is 3.42. The number of hydrogen-bond donors (Lipinski definition) is 2. The standard InChI is InChI=1S/C26H23N5O/c1-31(16-18-5-3-2-4-6-18)17-19-7-8-23-21(13-19)14-25(28-23)22-15-24(29-30-26(22)32)20-9-11-27-12-10-20/h2-15,28H,16-17H2,1H3,(H,30,32). The van der Waals surface area contributed by atoms with Crippen LogP contribution in [0.5, 0.6) is 0 Å². The molecular weight excluding hydrogens is 398 g/mol.